The van der Waals surface area contributed by atoms with E-state index in [0.717, 1.165) is 32.4 Å². The normalized spacial score (nSPS) is 15.9. The Kier molecular flexibility index (Phi) is 8.38. The van der Waals surface area contributed by atoms with Gasteiger partial charge in [-0.05, 0) is 75.8 Å². The Morgan fingerprint density at radius 1 is 1.14 bits per heavy atom. The van der Waals surface area contributed by atoms with E-state index in [4.69, 9.17) is 4.42 Å². The highest BCUT2D eigenvalue weighted by molar-refractivity contribution is 5.98. The fourth-order valence-electron chi connectivity index (χ4n) is 4.86. The van der Waals surface area contributed by atoms with E-state index in [1.807, 2.05) is 14.1 Å². The van der Waals surface area contributed by atoms with E-state index in [9.17, 15) is 14.4 Å². The fraction of sp³-hybridized carbons (Fsp3) is 0.464. The lowest BCUT2D eigenvalue weighted by molar-refractivity contribution is -0.126. The second-order valence-electron chi connectivity index (χ2n) is 9.83. The van der Waals surface area contributed by atoms with Crippen LogP contribution in [0.1, 0.15) is 53.7 Å². The topological polar surface area (TPSA) is 98.7 Å². The van der Waals surface area contributed by atoms with Crippen molar-refractivity contribution in [3.63, 3.8) is 0 Å². The van der Waals surface area contributed by atoms with Gasteiger partial charge in [0.25, 0.3) is 0 Å². The van der Waals surface area contributed by atoms with Gasteiger partial charge in [-0.1, -0.05) is 31.2 Å². The van der Waals surface area contributed by atoms with Gasteiger partial charge in [0, 0.05) is 31.0 Å². The highest BCUT2D eigenvalue weighted by atomic mass is 16.4. The number of carbonyl (C=O) groups excluding carboxylic acids is 2. The Morgan fingerprint density at radius 2 is 1.86 bits per heavy atom. The number of piperidine rings is 1. The van der Waals surface area contributed by atoms with Crippen LogP contribution in [0.5, 0.6) is 0 Å². The number of rotatable bonds is 10. The van der Waals surface area contributed by atoms with Crippen molar-refractivity contribution in [3.8, 4) is 0 Å². The number of nitrogens with zero attached hydrogens (tertiary/aromatic N) is 2. The number of amides is 1. The Bertz CT molecular complexity index is 1240. The molecule has 0 aliphatic carbocycles. The van der Waals surface area contributed by atoms with Crippen LogP contribution in [-0.4, -0.2) is 66.7 Å². The van der Waals surface area contributed by atoms with Crippen molar-refractivity contribution in [2.75, 3.05) is 40.3 Å². The Hall–Kier alpha value is -3.23. The molecule has 2 aromatic carbocycles. The lowest BCUT2D eigenvalue weighted by Crippen LogP contribution is -2.43. The number of aromatic amines is 1. The second-order valence-corrected chi connectivity index (χ2v) is 9.83. The molecule has 1 aromatic heterocycles. The molecule has 1 amide bonds. The van der Waals surface area contributed by atoms with E-state index in [-0.39, 0.29) is 23.7 Å². The second kappa shape index (κ2) is 11.7. The average Bonchev–Trinajstić information content (AvgIpc) is 3.27. The summed E-state index contributed by atoms with van der Waals surface area (Å²) < 4.78 is 5.06. The molecule has 3 aromatic rings. The van der Waals surface area contributed by atoms with Crippen LogP contribution in [0.2, 0.25) is 0 Å². The zero-order chi connectivity index (χ0) is 25.7. The Morgan fingerprint density at radius 3 is 2.53 bits per heavy atom. The quantitative estimate of drug-likeness (QED) is 0.421. The molecule has 8 nitrogen and oxygen atoms in total. The van der Waals surface area contributed by atoms with Crippen LogP contribution in [0.4, 0.5) is 0 Å². The first-order valence-corrected chi connectivity index (χ1v) is 12.8. The molecule has 1 aliphatic rings. The molecule has 1 aliphatic heterocycles. The van der Waals surface area contributed by atoms with Gasteiger partial charge in [-0.15, -0.1) is 0 Å². The maximum Gasteiger partial charge on any atom is 0.417 e. The van der Waals surface area contributed by atoms with Gasteiger partial charge in [0.15, 0.2) is 11.4 Å². The summed E-state index contributed by atoms with van der Waals surface area (Å²) in [5.74, 6) is -0.392. The smallest absolute Gasteiger partial charge is 0.408 e. The van der Waals surface area contributed by atoms with Gasteiger partial charge in [-0.3, -0.25) is 14.6 Å². The van der Waals surface area contributed by atoms with E-state index in [2.05, 4.69) is 51.3 Å². The van der Waals surface area contributed by atoms with Crippen molar-refractivity contribution < 1.29 is 14.0 Å². The number of Topliss-reactive ketones (excluding diaryl/α,β-unsaturated/α-hetero) is 1. The Balaban J connectivity index is 1.22. The number of ketones is 1. The number of H-pyrrole nitrogens is 1. The number of fused-ring (bicyclic) bond motifs is 1. The van der Waals surface area contributed by atoms with Crippen molar-refractivity contribution >= 4 is 22.8 Å². The van der Waals surface area contributed by atoms with Crippen molar-refractivity contribution in [2.45, 2.75) is 38.6 Å². The number of hydrogen-bond donors (Lipinski definition) is 2. The molecule has 0 bridgehead atoms. The summed E-state index contributed by atoms with van der Waals surface area (Å²) in [6.45, 7) is 4.98. The van der Waals surface area contributed by atoms with Crippen molar-refractivity contribution in [2.24, 2.45) is 5.92 Å². The number of carbonyl (C=O) groups is 2. The number of likely N-dealkylation sites (N-methyl/N-ethyl adjacent to an activating group) is 1. The molecule has 1 fully saturated rings. The largest absolute Gasteiger partial charge is 0.417 e. The average molecular weight is 493 g/mol. The minimum atomic E-state index is -0.524. The third-order valence-corrected chi connectivity index (χ3v) is 7.22. The Labute approximate surface area is 211 Å². The number of aromatic nitrogens is 1. The van der Waals surface area contributed by atoms with E-state index in [0.29, 0.717) is 36.2 Å². The molecule has 4 rings (SSSR count). The van der Waals surface area contributed by atoms with Crippen LogP contribution in [0, 0.1) is 5.92 Å². The number of hydrogen-bond acceptors (Lipinski definition) is 6. The summed E-state index contributed by atoms with van der Waals surface area (Å²) in [5, 5.41) is 3.18. The predicted octanol–water partition coefficient (Wildman–Crippen LogP) is 3.39. The van der Waals surface area contributed by atoms with Crippen LogP contribution >= 0.6 is 0 Å². The maximum absolute atomic E-state index is 12.9. The number of likely N-dealkylation sites (tertiary alicyclic amines) is 1. The minimum Gasteiger partial charge on any atom is -0.408 e. The van der Waals surface area contributed by atoms with Gasteiger partial charge in [0.2, 0.25) is 5.91 Å². The molecule has 1 unspecified atom stereocenters. The molecular weight excluding hydrogens is 456 g/mol. The van der Waals surface area contributed by atoms with Crippen molar-refractivity contribution in [3.05, 3.63) is 69.7 Å². The summed E-state index contributed by atoms with van der Waals surface area (Å²) in [5.41, 5.74) is 4.04. The summed E-state index contributed by atoms with van der Waals surface area (Å²) in [6, 6.07) is 13.8. The van der Waals surface area contributed by atoms with Crippen molar-refractivity contribution in [1.29, 1.82) is 0 Å². The van der Waals surface area contributed by atoms with Gasteiger partial charge >= 0.3 is 5.76 Å². The van der Waals surface area contributed by atoms with Crippen LogP contribution in [0.3, 0.4) is 0 Å². The minimum absolute atomic E-state index is 0.00104. The first-order chi connectivity index (χ1) is 17.3. The summed E-state index contributed by atoms with van der Waals surface area (Å²) in [4.78, 5) is 43.8. The zero-order valence-electron chi connectivity index (χ0n) is 21.4. The van der Waals surface area contributed by atoms with Gasteiger partial charge in [0.1, 0.15) is 0 Å². The van der Waals surface area contributed by atoms with Crippen molar-refractivity contribution in [1.82, 2.24) is 20.1 Å². The zero-order valence-corrected chi connectivity index (χ0v) is 21.4. The van der Waals surface area contributed by atoms with Crippen LogP contribution in [0.25, 0.3) is 11.1 Å². The highest BCUT2D eigenvalue weighted by Crippen LogP contribution is 2.21. The highest BCUT2D eigenvalue weighted by Gasteiger charge is 2.26. The molecular formula is C28H36N4O4. The van der Waals surface area contributed by atoms with Gasteiger partial charge in [0.05, 0.1) is 11.6 Å². The van der Waals surface area contributed by atoms with E-state index in [1.54, 1.807) is 18.2 Å². The number of aryl methyl sites for hydroxylation is 1. The first kappa shape index (κ1) is 25.9. The molecule has 0 spiro atoms. The molecule has 0 radical (unpaired) electrons. The van der Waals surface area contributed by atoms with Crippen LogP contribution in [0.15, 0.2) is 51.7 Å². The van der Waals surface area contributed by atoms with Crippen LogP contribution in [-0.2, 0) is 11.2 Å². The van der Waals surface area contributed by atoms with E-state index in [1.165, 1.54) is 11.1 Å². The number of benzene rings is 2. The standard InChI is InChI=1S/C28H36N4O4/c1-4-19-5-7-20(8-6-19)24(31(2)3)18-29-27(34)21-11-14-32(15-12-21)16-13-25(33)22-9-10-23-26(17-22)36-28(35)30-23/h5-10,17,21,24H,4,11-16,18H2,1-3H3,(H,29,34)(H,30,35). The van der Waals surface area contributed by atoms with Gasteiger partial charge in [-0.2, -0.15) is 0 Å². The van der Waals surface area contributed by atoms with Gasteiger partial charge < -0.3 is 19.5 Å². The number of nitrogens with one attached hydrogen (secondary N) is 2. The summed E-state index contributed by atoms with van der Waals surface area (Å²) in [6.07, 6.45) is 2.98. The van der Waals surface area contributed by atoms with E-state index >= 15 is 0 Å². The third kappa shape index (κ3) is 6.30. The molecule has 1 saturated heterocycles. The molecule has 0 saturated carbocycles. The first-order valence-electron chi connectivity index (χ1n) is 12.8. The molecule has 8 heteroatoms. The predicted molar refractivity (Wildman–Crippen MR) is 140 cm³/mol. The van der Waals surface area contributed by atoms with E-state index < -0.39 is 5.76 Å². The summed E-state index contributed by atoms with van der Waals surface area (Å²) in [7, 11) is 4.08. The van der Waals surface area contributed by atoms with Gasteiger partial charge in [-0.25, -0.2) is 4.79 Å². The maximum atomic E-state index is 12.9. The monoisotopic (exact) mass is 492 g/mol. The third-order valence-electron chi connectivity index (χ3n) is 7.22. The lowest BCUT2D eigenvalue weighted by Gasteiger charge is -2.32. The molecule has 1 atom stereocenters. The lowest BCUT2D eigenvalue weighted by atomic mass is 9.95. The number of oxazole rings is 1. The molecule has 2 heterocycles. The molecule has 2 N–H and O–H groups in total. The molecule has 36 heavy (non-hydrogen) atoms. The fourth-order valence-corrected chi connectivity index (χ4v) is 4.86. The van der Waals surface area contributed by atoms with Crippen LogP contribution < -0.4 is 11.1 Å². The SMILES string of the molecule is CCc1ccc(C(CNC(=O)C2CCN(CCC(=O)c3ccc4[nH]c(=O)oc4c3)CC2)N(C)C)cc1. The molecule has 192 valence electrons. The summed E-state index contributed by atoms with van der Waals surface area (Å²) >= 11 is 0.